The molecule has 2 aromatic heterocycles. The minimum absolute atomic E-state index is 0.332. The molecule has 1 aliphatic rings. The van der Waals surface area contributed by atoms with Crippen molar-refractivity contribution in [2.75, 3.05) is 7.05 Å². The van der Waals surface area contributed by atoms with E-state index in [0.717, 1.165) is 42.8 Å². The second kappa shape index (κ2) is 8.61. The fourth-order valence-electron chi connectivity index (χ4n) is 4.81. The molecule has 0 spiro atoms. The number of rotatable bonds is 6. The highest BCUT2D eigenvalue weighted by Crippen LogP contribution is 2.33. The molecule has 1 atom stereocenters. The maximum Gasteiger partial charge on any atom is 0.124 e. The van der Waals surface area contributed by atoms with Gasteiger partial charge in [0.25, 0.3) is 0 Å². The standard InChI is InChI=1S/C26H29N5/c1-30(24-13-5-9-21-10-6-14-28-26(21)24)18-25-29-22-11-2-3-12-23(22)31(25)17-20-8-4-7-19(15-20)16-27/h2-4,6-8,10-12,14-15,24H,5,9,13,16-18,27H2,1H3. The van der Waals surface area contributed by atoms with Crippen LogP contribution in [0.5, 0.6) is 0 Å². The van der Waals surface area contributed by atoms with E-state index in [-0.39, 0.29) is 0 Å². The molecular weight excluding hydrogens is 382 g/mol. The van der Waals surface area contributed by atoms with Gasteiger partial charge in [-0.2, -0.15) is 0 Å². The highest BCUT2D eigenvalue weighted by Gasteiger charge is 2.26. The first kappa shape index (κ1) is 19.9. The summed E-state index contributed by atoms with van der Waals surface area (Å²) in [4.78, 5) is 12.2. The van der Waals surface area contributed by atoms with Crippen LogP contribution in [0.25, 0.3) is 11.0 Å². The molecule has 0 saturated carbocycles. The van der Waals surface area contributed by atoms with Crippen molar-refractivity contribution < 1.29 is 0 Å². The molecule has 1 unspecified atom stereocenters. The Morgan fingerprint density at radius 3 is 2.84 bits per heavy atom. The quantitative estimate of drug-likeness (QED) is 0.509. The molecule has 2 aromatic carbocycles. The minimum atomic E-state index is 0.332. The summed E-state index contributed by atoms with van der Waals surface area (Å²) in [6.07, 6.45) is 5.39. The maximum absolute atomic E-state index is 5.87. The number of aryl methyl sites for hydroxylation is 1. The number of fused-ring (bicyclic) bond motifs is 2. The highest BCUT2D eigenvalue weighted by molar-refractivity contribution is 5.76. The molecular formula is C26H29N5. The second-order valence-electron chi connectivity index (χ2n) is 8.50. The molecule has 0 amide bonds. The summed E-state index contributed by atoms with van der Waals surface area (Å²) < 4.78 is 2.35. The zero-order valence-corrected chi connectivity index (χ0v) is 18.0. The van der Waals surface area contributed by atoms with Crippen molar-refractivity contribution in [3.8, 4) is 0 Å². The van der Waals surface area contributed by atoms with Crippen molar-refractivity contribution in [1.82, 2.24) is 19.4 Å². The van der Waals surface area contributed by atoms with Crippen LogP contribution < -0.4 is 5.73 Å². The van der Waals surface area contributed by atoms with Gasteiger partial charge >= 0.3 is 0 Å². The van der Waals surface area contributed by atoms with Crippen LogP contribution in [0.3, 0.4) is 0 Å². The van der Waals surface area contributed by atoms with Gasteiger partial charge < -0.3 is 10.3 Å². The zero-order chi connectivity index (χ0) is 21.2. The molecule has 5 nitrogen and oxygen atoms in total. The van der Waals surface area contributed by atoms with Crippen molar-refractivity contribution in [2.24, 2.45) is 5.73 Å². The predicted octanol–water partition coefficient (Wildman–Crippen LogP) is 4.45. The van der Waals surface area contributed by atoms with Gasteiger partial charge in [-0.3, -0.25) is 9.88 Å². The van der Waals surface area contributed by atoms with E-state index in [1.165, 1.54) is 28.8 Å². The molecule has 5 heteroatoms. The minimum Gasteiger partial charge on any atom is -0.326 e. The summed E-state index contributed by atoms with van der Waals surface area (Å²) in [6, 6.07) is 21.6. The maximum atomic E-state index is 5.87. The average Bonchev–Trinajstić information content (AvgIpc) is 3.15. The Hall–Kier alpha value is -3.02. The van der Waals surface area contributed by atoms with Crippen LogP contribution in [0.15, 0.2) is 66.9 Å². The Bertz CT molecular complexity index is 1200. The van der Waals surface area contributed by atoms with Crippen molar-refractivity contribution in [1.29, 1.82) is 0 Å². The Morgan fingerprint density at radius 2 is 1.94 bits per heavy atom. The predicted molar refractivity (Wildman–Crippen MR) is 125 cm³/mol. The van der Waals surface area contributed by atoms with E-state index in [9.17, 15) is 0 Å². The summed E-state index contributed by atoms with van der Waals surface area (Å²) in [7, 11) is 2.20. The van der Waals surface area contributed by atoms with Gasteiger partial charge in [0.2, 0.25) is 0 Å². The van der Waals surface area contributed by atoms with E-state index in [4.69, 9.17) is 15.7 Å². The molecule has 0 fully saturated rings. The summed E-state index contributed by atoms with van der Waals surface area (Å²) in [6.45, 7) is 2.13. The van der Waals surface area contributed by atoms with E-state index < -0.39 is 0 Å². The normalized spacial score (nSPS) is 16.0. The van der Waals surface area contributed by atoms with Crippen molar-refractivity contribution in [3.63, 3.8) is 0 Å². The Kier molecular flexibility index (Phi) is 5.53. The van der Waals surface area contributed by atoms with Crippen LogP contribution in [0.2, 0.25) is 0 Å². The lowest BCUT2D eigenvalue weighted by Gasteiger charge is -2.32. The van der Waals surface area contributed by atoms with Gasteiger partial charge in [-0.05, 0) is 61.2 Å². The Balaban J connectivity index is 1.48. The van der Waals surface area contributed by atoms with E-state index in [2.05, 4.69) is 77.2 Å². The Labute approximate surface area is 183 Å². The molecule has 158 valence electrons. The van der Waals surface area contributed by atoms with Crippen LogP contribution in [0, 0.1) is 0 Å². The number of benzene rings is 2. The third kappa shape index (κ3) is 3.99. The van der Waals surface area contributed by atoms with Gasteiger partial charge in [0.15, 0.2) is 0 Å². The number of nitrogens with two attached hydrogens (primary N) is 1. The topological polar surface area (TPSA) is 60.0 Å². The Morgan fingerprint density at radius 1 is 1.06 bits per heavy atom. The first-order valence-electron chi connectivity index (χ1n) is 11.1. The van der Waals surface area contributed by atoms with Gasteiger partial charge in [-0.25, -0.2) is 4.98 Å². The molecule has 0 radical (unpaired) electrons. The zero-order valence-electron chi connectivity index (χ0n) is 18.0. The lowest BCUT2D eigenvalue weighted by atomic mass is 9.91. The van der Waals surface area contributed by atoms with Gasteiger partial charge in [-0.15, -0.1) is 0 Å². The summed E-state index contributed by atoms with van der Waals surface area (Å²) in [5, 5.41) is 0. The lowest BCUT2D eigenvalue weighted by molar-refractivity contribution is 0.202. The average molecular weight is 412 g/mol. The van der Waals surface area contributed by atoms with Crippen LogP contribution in [0.4, 0.5) is 0 Å². The number of imidazole rings is 1. The van der Waals surface area contributed by atoms with Gasteiger partial charge in [-0.1, -0.05) is 42.5 Å². The molecule has 0 saturated heterocycles. The van der Waals surface area contributed by atoms with Gasteiger partial charge in [0.1, 0.15) is 5.82 Å². The number of hydrogen-bond donors (Lipinski definition) is 1. The van der Waals surface area contributed by atoms with Gasteiger partial charge in [0.05, 0.1) is 29.3 Å². The summed E-state index contributed by atoms with van der Waals surface area (Å²) >= 11 is 0. The summed E-state index contributed by atoms with van der Waals surface area (Å²) in [5.74, 6) is 1.09. The van der Waals surface area contributed by atoms with Crippen LogP contribution in [-0.2, 0) is 26.1 Å². The molecule has 0 aliphatic heterocycles. The number of hydrogen-bond acceptors (Lipinski definition) is 4. The SMILES string of the molecule is CN(Cc1nc2ccccc2n1Cc1cccc(CN)c1)C1CCCc2cccnc21. The highest BCUT2D eigenvalue weighted by atomic mass is 15.2. The fourth-order valence-corrected chi connectivity index (χ4v) is 4.81. The monoisotopic (exact) mass is 411 g/mol. The molecule has 2 N–H and O–H groups in total. The molecule has 5 rings (SSSR count). The fraction of sp³-hybridized carbons (Fsp3) is 0.308. The largest absolute Gasteiger partial charge is 0.326 e. The van der Waals surface area contributed by atoms with Crippen molar-refractivity contribution in [3.05, 3.63) is 95.1 Å². The van der Waals surface area contributed by atoms with E-state index in [1.807, 2.05) is 6.20 Å². The smallest absolute Gasteiger partial charge is 0.124 e. The van der Waals surface area contributed by atoms with Crippen molar-refractivity contribution >= 4 is 11.0 Å². The number of para-hydroxylation sites is 2. The molecule has 1 aliphatic carbocycles. The first-order chi connectivity index (χ1) is 15.2. The number of nitrogens with zero attached hydrogens (tertiary/aromatic N) is 4. The van der Waals surface area contributed by atoms with Crippen LogP contribution in [-0.4, -0.2) is 26.5 Å². The van der Waals surface area contributed by atoms with Crippen LogP contribution >= 0.6 is 0 Å². The lowest BCUT2D eigenvalue weighted by Crippen LogP contribution is -2.29. The third-order valence-electron chi connectivity index (χ3n) is 6.39. The molecule has 2 heterocycles. The molecule has 4 aromatic rings. The van der Waals surface area contributed by atoms with Crippen LogP contribution in [0.1, 0.15) is 47.1 Å². The van der Waals surface area contributed by atoms with Crippen molar-refractivity contribution in [2.45, 2.75) is 44.9 Å². The van der Waals surface area contributed by atoms with E-state index >= 15 is 0 Å². The molecule has 0 bridgehead atoms. The number of aromatic nitrogens is 3. The van der Waals surface area contributed by atoms with Gasteiger partial charge in [0, 0.05) is 19.3 Å². The number of pyridine rings is 1. The third-order valence-corrected chi connectivity index (χ3v) is 6.39. The summed E-state index contributed by atoms with van der Waals surface area (Å²) in [5.41, 5.74) is 13.1. The second-order valence-corrected chi connectivity index (χ2v) is 8.50. The molecule has 31 heavy (non-hydrogen) atoms. The van der Waals surface area contributed by atoms with E-state index in [1.54, 1.807) is 0 Å². The first-order valence-corrected chi connectivity index (χ1v) is 11.1. The van der Waals surface area contributed by atoms with E-state index in [0.29, 0.717) is 12.6 Å².